The minimum absolute atomic E-state index is 0.0266. The number of carbonyl (C=O) groups excluding carboxylic acids is 1. The van der Waals surface area contributed by atoms with E-state index in [1.165, 1.54) is 19.2 Å². The molecule has 1 rings (SSSR count). The fourth-order valence-corrected chi connectivity index (χ4v) is 1.42. The number of hydrogen-bond acceptors (Lipinski definition) is 5. The van der Waals surface area contributed by atoms with Crippen LogP contribution >= 0.6 is 0 Å². The standard InChI is InChI=1S/C10H11N3O5/c1-12(5-9(14)15)8-4-6(10(11)16)2-3-7(8)13(17)18/h2-4H,5H2,1H3,(H2,11,16)(H,14,15). The van der Waals surface area contributed by atoms with E-state index in [-0.39, 0.29) is 16.9 Å². The second kappa shape index (κ2) is 5.13. The van der Waals surface area contributed by atoms with Crippen LogP contribution in [0, 0.1) is 10.1 Å². The number of benzene rings is 1. The van der Waals surface area contributed by atoms with E-state index >= 15 is 0 Å². The van der Waals surface area contributed by atoms with E-state index in [0.29, 0.717) is 0 Å². The minimum atomic E-state index is -1.14. The van der Waals surface area contributed by atoms with Gasteiger partial charge in [-0.05, 0) is 12.1 Å². The molecule has 1 aromatic carbocycles. The van der Waals surface area contributed by atoms with Gasteiger partial charge in [0.1, 0.15) is 12.2 Å². The molecule has 0 aromatic heterocycles. The summed E-state index contributed by atoms with van der Waals surface area (Å²) in [6, 6.07) is 3.54. The number of nitro benzene ring substituents is 1. The van der Waals surface area contributed by atoms with E-state index in [4.69, 9.17) is 10.8 Å². The predicted molar refractivity (Wildman–Crippen MR) is 62.5 cm³/mol. The lowest BCUT2D eigenvalue weighted by Crippen LogP contribution is -2.26. The molecule has 0 atom stereocenters. The van der Waals surface area contributed by atoms with Crippen LogP contribution in [0.3, 0.4) is 0 Å². The SMILES string of the molecule is CN(CC(=O)O)c1cc(C(N)=O)ccc1[N+](=O)[O-]. The Balaban J connectivity index is 3.26. The van der Waals surface area contributed by atoms with Gasteiger partial charge in [0.25, 0.3) is 5.69 Å². The number of hydrogen-bond donors (Lipinski definition) is 2. The maximum Gasteiger partial charge on any atom is 0.323 e. The number of anilines is 1. The fourth-order valence-electron chi connectivity index (χ4n) is 1.42. The van der Waals surface area contributed by atoms with Gasteiger partial charge in [0.15, 0.2) is 0 Å². The number of likely N-dealkylation sites (N-methyl/N-ethyl adjacent to an activating group) is 1. The van der Waals surface area contributed by atoms with Crippen LogP contribution in [0.25, 0.3) is 0 Å². The molecule has 0 aliphatic rings. The summed E-state index contributed by atoms with van der Waals surface area (Å²) in [5.41, 5.74) is 4.88. The number of aliphatic carboxylic acids is 1. The Labute approximate surface area is 102 Å². The predicted octanol–water partition coefficient (Wildman–Crippen LogP) is 0.214. The molecular formula is C10H11N3O5. The zero-order valence-electron chi connectivity index (χ0n) is 9.49. The van der Waals surface area contributed by atoms with E-state index in [0.717, 1.165) is 11.0 Å². The van der Waals surface area contributed by atoms with Crippen LogP contribution < -0.4 is 10.6 Å². The molecule has 8 nitrogen and oxygen atoms in total. The van der Waals surface area contributed by atoms with Gasteiger partial charge < -0.3 is 15.7 Å². The van der Waals surface area contributed by atoms with Crippen molar-refractivity contribution in [3.8, 4) is 0 Å². The van der Waals surface area contributed by atoms with Gasteiger partial charge in [0.05, 0.1) is 4.92 Å². The molecule has 0 bridgehead atoms. The maximum atomic E-state index is 11.0. The molecule has 0 saturated heterocycles. The Morgan fingerprint density at radius 1 is 1.50 bits per heavy atom. The average molecular weight is 253 g/mol. The highest BCUT2D eigenvalue weighted by Gasteiger charge is 2.20. The molecule has 3 N–H and O–H groups in total. The van der Waals surface area contributed by atoms with E-state index in [1.54, 1.807) is 0 Å². The smallest absolute Gasteiger partial charge is 0.323 e. The molecule has 0 aliphatic heterocycles. The molecule has 0 spiro atoms. The Morgan fingerprint density at radius 3 is 2.56 bits per heavy atom. The highest BCUT2D eigenvalue weighted by atomic mass is 16.6. The van der Waals surface area contributed by atoms with Gasteiger partial charge in [-0.2, -0.15) is 0 Å². The van der Waals surface area contributed by atoms with Crippen molar-refractivity contribution in [1.29, 1.82) is 0 Å². The van der Waals surface area contributed by atoms with Crippen molar-refractivity contribution in [3.63, 3.8) is 0 Å². The zero-order valence-corrected chi connectivity index (χ0v) is 9.49. The van der Waals surface area contributed by atoms with Crippen LogP contribution in [0.4, 0.5) is 11.4 Å². The highest BCUT2D eigenvalue weighted by Crippen LogP contribution is 2.28. The number of carbonyl (C=O) groups is 2. The van der Waals surface area contributed by atoms with Crippen molar-refractivity contribution in [1.82, 2.24) is 0 Å². The monoisotopic (exact) mass is 253 g/mol. The Hall–Kier alpha value is -2.64. The van der Waals surface area contributed by atoms with Crippen molar-refractivity contribution in [2.75, 3.05) is 18.5 Å². The molecule has 0 aliphatic carbocycles. The first kappa shape index (κ1) is 13.4. The summed E-state index contributed by atoms with van der Waals surface area (Å²) in [4.78, 5) is 32.9. The quantitative estimate of drug-likeness (QED) is 0.570. The molecule has 0 fully saturated rings. The molecule has 0 heterocycles. The van der Waals surface area contributed by atoms with Gasteiger partial charge in [-0.3, -0.25) is 19.7 Å². The number of carboxylic acids is 1. The summed E-state index contributed by atoms with van der Waals surface area (Å²) in [5.74, 6) is -1.88. The van der Waals surface area contributed by atoms with Gasteiger partial charge in [0.2, 0.25) is 5.91 Å². The molecule has 0 radical (unpaired) electrons. The van der Waals surface area contributed by atoms with Gasteiger partial charge in [0, 0.05) is 18.7 Å². The normalized spacial score (nSPS) is 9.83. The van der Waals surface area contributed by atoms with Gasteiger partial charge in [-0.1, -0.05) is 0 Å². The highest BCUT2D eigenvalue weighted by molar-refractivity contribution is 5.94. The summed E-state index contributed by atoms with van der Waals surface area (Å²) in [6.07, 6.45) is 0. The van der Waals surface area contributed by atoms with Crippen LogP contribution in [0.1, 0.15) is 10.4 Å². The average Bonchev–Trinajstić information content (AvgIpc) is 2.26. The number of amides is 1. The molecule has 8 heteroatoms. The number of nitro groups is 1. The first-order chi connectivity index (χ1) is 8.32. The molecule has 0 unspecified atom stereocenters. The lowest BCUT2D eigenvalue weighted by Gasteiger charge is -2.17. The lowest BCUT2D eigenvalue weighted by molar-refractivity contribution is -0.384. The minimum Gasteiger partial charge on any atom is -0.480 e. The van der Waals surface area contributed by atoms with Gasteiger partial charge >= 0.3 is 5.97 Å². The number of rotatable bonds is 5. The Bertz CT molecular complexity index is 514. The summed E-state index contributed by atoms with van der Waals surface area (Å²) >= 11 is 0. The van der Waals surface area contributed by atoms with Crippen LogP contribution in [-0.2, 0) is 4.79 Å². The fraction of sp³-hybridized carbons (Fsp3) is 0.200. The van der Waals surface area contributed by atoms with Crippen LogP contribution in [-0.4, -0.2) is 35.5 Å². The van der Waals surface area contributed by atoms with E-state index < -0.39 is 23.3 Å². The van der Waals surface area contributed by atoms with Gasteiger partial charge in [-0.25, -0.2) is 0 Å². The summed E-state index contributed by atoms with van der Waals surface area (Å²) in [5, 5.41) is 19.5. The number of primary amides is 1. The third-order valence-electron chi connectivity index (χ3n) is 2.24. The molecule has 1 amide bonds. The Morgan fingerprint density at radius 2 is 2.11 bits per heavy atom. The topological polar surface area (TPSA) is 127 Å². The molecule has 1 aromatic rings. The van der Waals surface area contributed by atoms with E-state index in [2.05, 4.69) is 0 Å². The first-order valence-corrected chi connectivity index (χ1v) is 4.84. The molecular weight excluding hydrogens is 242 g/mol. The Kier molecular flexibility index (Phi) is 3.82. The second-order valence-corrected chi connectivity index (χ2v) is 3.57. The largest absolute Gasteiger partial charge is 0.480 e. The van der Waals surface area contributed by atoms with Crippen molar-refractivity contribution < 1.29 is 19.6 Å². The number of nitrogens with two attached hydrogens (primary N) is 1. The lowest BCUT2D eigenvalue weighted by atomic mass is 10.1. The third-order valence-corrected chi connectivity index (χ3v) is 2.24. The zero-order chi connectivity index (χ0) is 13.9. The van der Waals surface area contributed by atoms with E-state index in [9.17, 15) is 19.7 Å². The summed E-state index contributed by atoms with van der Waals surface area (Å²) in [6.45, 7) is -0.428. The summed E-state index contributed by atoms with van der Waals surface area (Å²) < 4.78 is 0. The molecule has 0 saturated carbocycles. The van der Waals surface area contributed by atoms with Crippen molar-refractivity contribution in [2.45, 2.75) is 0 Å². The second-order valence-electron chi connectivity index (χ2n) is 3.57. The van der Waals surface area contributed by atoms with Gasteiger partial charge in [-0.15, -0.1) is 0 Å². The number of carboxylic acid groups (broad SMARTS) is 1. The summed E-state index contributed by atoms with van der Waals surface area (Å²) in [7, 11) is 1.38. The van der Waals surface area contributed by atoms with Crippen LogP contribution in [0.2, 0.25) is 0 Å². The van der Waals surface area contributed by atoms with Crippen molar-refractivity contribution in [2.24, 2.45) is 5.73 Å². The van der Waals surface area contributed by atoms with E-state index in [1.807, 2.05) is 0 Å². The first-order valence-electron chi connectivity index (χ1n) is 4.84. The van der Waals surface area contributed by atoms with Crippen molar-refractivity contribution in [3.05, 3.63) is 33.9 Å². The molecule has 18 heavy (non-hydrogen) atoms. The molecule has 96 valence electrons. The van der Waals surface area contributed by atoms with Crippen molar-refractivity contribution >= 4 is 23.3 Å². The van der Waals surface area contributed by atoms with Crippen LogP contribution in [0.15, 0.2) is 18.2 Å². The van der Waals surface area contributed by atoms with Crippen LogP contribution in [0.5, 0.6) is 0 Å². The third kappa shape index (κ3) is 2.94. The number of nitrogens with zero attached hydrogens (tertiary/aromatic N) is 2. The maximum absolute atomic E-state index is 11.0.